The van der Waals surface area contributed by atoms with E-state index in [-0.39, 0.29) is 12.1 Å². The number of thiocarbonyl (C=S) groups is 1. The number of aryl methyl sites for hydroxylation is 2. The number of nitrogens with zero attached hydrogens (tertiary/aromatic N) is 4. The standard InChI is InChI=1S/C28H35N5OS/c1-4-22-9-5-6-11-25(22)33-20(2)19-23(21(33)3)27-26(24-10-7-8-12-29-24)30-28(35)32(27)14-13-31-15-17-34-18-16-31/h5-12,19,26-27H,4,13-18H2,1-3H3,(H,30,35). The lowest BCUT2D eigenvalue weighted by Gasteiger charge is -2.32. The molecule has 1 aromatic carbocycles. The first kappa shape index (κ1) is 24.0. The molecule has 0 saturated carbocycles. The van der Waals surface area contributed by atoms with Gasteiger partial charge in [0.15, 0.2) is 5.11 Å². The summed E-state index contributed by atoms with van der Waals surface area (Å²) in [6, 6.07) is 17.3. The van der Waals surface area contributed by atoms with Crippen molar-refractivity contribution < 1.29 is 4.74 Å². The van der Waals surface area contributed by atoms with Gasteiger partial charge in [0, 0.05) is 49.5 Å². The highest BCUT2D eigenvalue weighted by Crippen LogP contribution is 2.41. The van der Waals surface area contributed by atoms with Gasteiger partial charge in [0.05, 0.1) is 31.0 Å². The third-order valence-corrected chi connectivity index (χ3v) is 7.71. The molecule has 2 fully saturated rings. The second kappa shape index (κ2) is 10.5. The third kappa shape index (κ3) is 4.73. The minimum atomic E-state index is 0.00348. The summed E-state index contributed by atoms with van der Waals surface area (Å²) in [5.41, 5.74) is 7.44. The Morgan fingerprint density at radius 2 is 1.83 bits per heavy atom. The maximum Gasteiger partial charge on any atom is 0.170 e. The first-order valence-corrected chi connectivity index (χ1v) is 13.0. The fourth-order valence-corrected chi connectivity index (χ4v) is 5.88. The summed E-state index contributed by atoms with van der Waals surface area (Å²) >= 11 is 5.91. The number of ether oxygens (including phenoxy) is 1. The van der Waals surface area contributed by atoms with Crippen LogP contribution in [0.5, 0.6) is 0 Å². The van der Waals surface area contributed by atoms with Gasteiger partial charge in [-0.1, -0.05) is 31.2 Å². The largest absolute Gasteiger partial charge is 0.379 e. The van der Waals surface area contributed by atoms with Crippen LogP contribution in [0.2, 0.25) is 0 Å². The van der Waals surface area contributed by atoms with E-state index in [1.165, 1.54) is 28.2 Å². The summed E-state index contributed by atoms with van der Waals surface area (Å²) in [5, 5.41) is 4.42. The number of pyridine rings is 1. The molecule has 0 spiro atoms. The van der Waals surface area contributed by atoms with Gasteiger partial charge >= 0.3 is 0 Å². The Balaban J connectivity index is 1.54. The van der Waals surface area contributed by atoms with Crippen LogP contribution in [0.4, 0.5) is 0 Å². The number of nitrogens with one attached hydrogen (secondary N) is 1. The highest BCUT2D eigenvalue weighted by Gasteiger charge is 2.41. The average Bonchev–Trinajstić information content (AvgIpc) is 3.38. The van der Waals surface area contributed by atoms with E-state index in [0.717, 1.165) is 56.6 Å². The number of rotatable bonds is 7. The highest BCUT2D eigenvalue weighted by atomic mass is 32.1. The maximum atomic E-state index is 5.91. The molecular formula is C28H35N5OS. The molecule has 0 aliphatic carbocycles. The quantitative estimate of drug-likeness (QED) is 0.498. The van der Waals surface area contributed by atoms with Gasteiger partial charge in [-0.2, -0.15) is 0 Å². The Labute approximate surface area is 213 Å². The van der Waals surface area contributed by atoms with Crippen LogP contribution in [0.1, 0.15) is 47.2 Å². The maximum absolute atomic E-state index is 5.91. The number of hydrogen-bond acceptors (Lipinski definition) is 4. The monoisotopic (exact) mass is 489 g/mol. The van der Waals surface area contributed by atoms with Crippen molar-refractivity contribution in [1.29, 1.82) is 0 Å². The predicted octanol–water partition coefficient (Wildman–Crippen LogP) is 4.36. The van der Waals surface area contributed by atoms with Crippen LogP contribution in [0, 0.1) is 13.8 Å². The highest BCUT2D eigenvalue weighted by molar-refractivity contribution is 7.80. The zero-order valence-corrected chi connectivity index (χ0v) is 21.7. The molecule has 2 atom stereocenters. The lowest BCUT2D eigenvalue weighted by Crippen LogP contribution is -2.42. The van der Waals surface area contributed by atoms with E-state index in [4.69, 9.17) is 21.9 Å². The second-order valence-electron chi connectivity index (χ2n) is 9.42. The normalized spacial score (nSPS) is 20.9. The molecule has 4 heterocycles. The van der Waals surface area contributed by atoms with Crippen molar-refractivity contribution in [2.75, 3.05) is 39.4 Å². The van der Waals surface area contributed by atoms with Gasteiger partial charge in [0.25, 0.3) is 0 Å². The number of morpholine rings is 1. The molecule has 2 aliphatic heterocycles. The number of benzene rings is 1. The van der Waals surface area contributed by atoms with Crippen molar-refractivity contribution in [3.8, 4) is 5.69 Å². The van der Waals surface area contributed by atoms with Gasteiger partial charge in [-0.3, -0.25) is 9.88 Å². The molecule has 2 saturated heterocycles. The number of para-hydroxylation sites is 1. The Kier molecular flexibility index (Phi) is 7.18. The topological polar surface area (TPSA) is 45.6 Å². The van der Waals surface area contributed by atoms with Crippen LogP contribution in [0.3, 0.4) is 0 Å². The molecule has 7 heteroatoms. The summed E-state index contributed by atoms with van der Waals surface area (Å²) in [6.07, 6.45) is 2.87. The van der Waals surface area contributed by atoms with Gasteiger partial charge < -0.3 is 19.5 Å². The zero-order chi connectivity index (χ0) is 24.4. The molecular weight excluding hydrogens is 454 g/mol. The lowest BCUT2D eigenvalue weighted by molar-refractivity contribution is 0.0350. The first-order chi connectivity index (χ1) is 17.1. The van der Waals surface area contributed by atoms with Crippen molar-refractivity contribution in [1.82, 2.24) is 24.7 Å². The molecule has 1 N–H and O–H groups in total. The molecule has 184 valence electrons. The summed E-state index contributed by atoms with van der Waals surface area (Å²) in [5.74, 6) is 0. The van der Waals surface area contributed by atoms with Crippen molar-refractivity contribution in [2.24, 2.45) is 0 Å². The molecule has 0 radical (unpaired) electrons. The SMILES string of the molecule is CCc1ccccc1-n1c(C)cc(C2C(c3ccccn3)NC(=S)N2CCN2CCOCC2)c1C. The average molecular weight is 490 g/mol. The van der Waals surface area contributed by atoms with Crippen molar-refractivity contribution in [3.63, 3.8) is 0 Å². The minimum Gasteiger partial charge on any atom is -0.379 e. The van der Waals surface area contributed by atoms with E-state index in [1.54, 1.807) is 0 Å². The van der Waals surface area contributed by atoms with Gasteiger partial charge in [-0.05, 0) is 67.9 Å². The van der Waals surface area contributed by atoms with Gasteiger partial charge in [0.1, 0.15) is 0 Å². The van der Waals surface area contributed by atoms with E-state index >= 15 is 0 Å². The Bertz CT molecular complexity index is 1170. The van der Waals surface area contributed by atoms with Crippen molar-refractivity contribution in [3.05, 3.63) is 82.9 Å². The van der Waals surface area contributed by atoms with Crippen LogP contribution in [-0.2, 0) is 11.2 Å². The van der Waals surface area contributed by atoms with Gasteiger partial charge in [-0.15, -0.1) is 0 Å². The Morgan fingerprint density at radius 1 is 1.06 bits per heavy atom. The molecule has 35 heavy (non-hydrogen) atoms. The summed E-state index contributed by atoms with van der Waals surface area (Å²) in [6.45, 7) is 12.1. The predicted molar refractivity (Wildman–Crippen MR) is 144 cm³/mol. The van der Waals surface area contributed by atoms with Crippen molar-refractivity contribution >= 4 is 17.3 Å². The van der Waals surface area contributed by atoms with Gasteiger partial charge in [0.2, 0.25) is 0 Å². The van der Waals surface area contributed by atoms with E-state index in [1.807, 2.05) is 12.3 Å². The molecule has 2 aliphatic rings. The van der Waals surface area contributed by atoms with Crippen LogP contribution in [0.15, 0.2) is 54.7 Å². The van der Waals surface area contributed by atoms with Crippen molar-refractivity contribution in [2.45, 2.75) is 39.3 Å². The van der Waals surface area contributed by atoms with E-state index in [0.29, 0.717) is 0 Å². The molecule has 0 amide bonds. The van der Waals surface area contributed by atoms with E-state index in [2.05, 4.69) is 82.9 Å². The smallest absolute Gasteiger partial charge is 0.170 e. The summed E-state index contributed by atoms with van der Waals surface area (Å²) in [7, 11) is 0. The summed E-state index contributed by atoms with van der Waals surface area (Å²) in [4.78, 5) is 9.56. The van der Waals surface area contributed by atoms with Crippen LogP contribution < -0.4 is 5.32 Å². The third-order valence-electron chi connectivity index (χ3n) is 7.36. The number of hydrogen-bond donors (Lipinski definition) is 1. The molecule has 2 aromatic heterocycles. The minimum absolute atomic E-state index is 0.00348. The molecule has 6 nitrogen and oxygen atoms in total. The zero-order valence-electron chi connectivity index (χ0n) is 20.9. The number of aromatic nitrogens is 2. The van der Waals surface area contributed by atoms with Crippen LogP contribution in [-0.4, -0.2) is 63.9 Å². The fourth-order valence-electron chi connectivity index (χ4n) is 5.54. The molecule has 5 rings (SSSR count). The van der Waals surface area contributed by atoms with Crippen LogP contribution in [0.25, 0.3) is 5.69 Å². The lowest BCUT2D eigenvalue weighted by atomic mass is 9.96. The first-order valence-electron chi connectivity index (χ1n) is 12.6. The van der Waals surface area contributed by atoms with Crippen LogP contribution >= 0.6 is 12.2 Å². The van der Waals surface area contributed by atoms with Gasteiger partial charge in [-0.25, -0.2) is 0 Å². The summed E-state index contributed by atoms with van der Waals surface area (Å²) < 4.78 is 7.95. The van der Waals surface area contributed by atoms with E-state index < -0.39 is 0 Å². The van der Waals surface area contributed by atoms with E-state index in [9.17, 15) is 0 Å². The Hall–Kier alpha value is -2.74. The molecule has 2 unspecified atom stereocenters. The molecule has 0 bridgehead atoms. The Morgan fingerprint density at radius 3 is 2.57 bits per heavy atom. The fraction of sp³-hybridized carbons (Fsp3) is 0.429. The molecule has 3 aromatic rings. The second-order valence-corrected chi connectivity index (χ2v) is 9.80.